The Morgan fingerprint density at radius 1 is 1.14 bits per heavy atom. The summed E-state index contributed by atoms with van der Waals surface area (Å²) in [6.07, 6.45) is 1.74. The fourth-order valence-electron chi connectivity index (χ4n) is 4.48. The maximum atomic E-state index is 13.4. The van der Waals surface area contributed by atoms with Gasteiger partial charge in [-0.3, -0.25) is 19.2 Å². The smallest absolute Gasteiger partial charge is 0.305 e. The Labute approximate surface area is 167 Å². The van der Waals surface area contributed by atoms with Crippen LogP contribution in [0.4, 0.5) is 5.69 Å². The molecule has 0 aliphatic carbocycles. The fourth-order valence-corrected chi connectivity index (χ4v) is 4.48. The van der Waals surface area contributed by atoms with Crippen LogP contribution in [0.1, 0.15) is 26.3 Å². The second-order valence-corrected chi connectivity index (χ2v) is 7.34. The van der Waals surface area contributed by atoms with Crippen molar-refractivity contribution in [1.29, 1.82) is 0 Å². The van der Waals surface area contributed by atoms with Crippen LogP contribution in [0.25, 0.3) is 0 Å². The third kappa shape index (κ3) is 2.78. The number of ether oxygens (including phenoxy) is 3. The summed E-state index contributed by atoms with van der Waals surface area (Å²) in [6.45, 7) is 4.28. The van der Waals surface area contributed by atoms with E-state index in [-0.39, 0.29) is 5.91 Å². The lowest BCUT2D eigenvalue weighted by Gasteiger charge is -2.34. The predicted molar refractivity (Wildman–Crippen MR) is 99.4 cm³/mol. The number of rotatable bonds is 5. The number of esters is 2. The Kier molecular flexibility index (Phi) is 4.53. The molecular formula is C21H21NO7. The molecule has 4 atom stereocenters. The number of anilines is 1. The van der Waals surface area contributed by atoms with Gasteiger partial charge in [-0.05, 0) is 24.1 Å². The monoisotopic (exact) mass is 399 g/mol. The Hall–Kier alpha value is -3.00. The lowest BCUT2D eigenvalue weighted by atomic mass is 9.76. The van der Waals surface area contributed by atoms with Crippen LogP contribution >= 0.6 is 0 Å². The van der Waals surface area contributed by atoms with Crippen molar-refractivity contribution >= 4 is 29.4 Å². The molecule has 2 bridgehead atoms. The molecule has 4 rings (SSSR count). The normalized spacial score (nSPS) is 29.5. The van der Waals surface area contributed by atoms with E-state index < -0.39 is 47.7 Å². The van der Waals surface area contributed by atoms with Gasteiger partial charge >= 0.3 is 11.9 Å². The number of aryl methyl sites for hydroxylation is 1. The lowest BCUT2D eigenvalue weighted by molar-refractivity contribution is -0.226. The number of nitrogens with zero attached hydrogens (tertiary/aromatic N) is 1. The van der Waals surface area contributed by atoms with Crippen LogP contribution < -0.4 is 4.90 Å². The first kappa shape index (κ1) is 19.3. The maximum Gasteiger partial charge on any atom is 0.305 e. The molecule has 0 N–H and O–H groups in total. The summed E-state index contributed by atoms with van der Waals surface area (Å²) in [5.41, 5.74) is -0.138. The Morgan fingerprint density at radius 3 is 2.41 bits per heavy atom. The van der Waals surface area contributed by atoms with Crippen molar-refractivity contribution in [2.75, 3.05) is 4.90 Å². The van der Waals surface area contributed by atoms with Crippen molar-refractivity contribution in [3.8, 4) is 0 Å². The number of amides is 2. The first-order chi connectivity index (χ1) is 13.8. The van der Waals surface area contributed by atoms with E-state index in [4.69, 9.17) is 14.2 Å². The van der Waals surface area contributed by atoms with E-state index in [9.17, 15) is 19.2 Å². The van der Waals surface area contributed by atoms with E-state index >= 15 is 0 Å². The minimum Gasteiger partial charge on any atom is -0.422 e. The zero-order chi connectivity index (χ0) is 20.9. The molecule has 0 spiro atoms. The molecule has 3 aliphatic heterocycles. The first-order valence-corrected chi connectivity index (χ1v) is 9.47. The summed E-state index contributed by atoms with van der Waals surface area (Å²) in [5.74, 6) is -3.96. The molecule has 2 amide bonds. The lowest BCUT2D eigenvalue weighted by Crippen LogP contribution is -2.52. The fraction of sp³-hybridized carbons (Fsp3) is 0.429. The highest BCUT2D eigenvalue weighted by Gasteiger charge is 2.72. The molecule has 1 aromatic rings. The van der Waals surface area contributed by atoms with Gasteiger partial charge in [0.25, 0.3) is 6.29 Å². The van der Waals surface area contributed by atoms with E-state index in [2.05, 4.69) is 0 Å². The van der Waals surface area contributed by atoms with Crippen molar-refractivity contribution in [3.63, 3.8) is 0 Å². The minimum absolute atomic E-state index is 0.374. The molecule has 2 saturated heterocycles. The van der Waals surface area contributed by atoms with E-state index in [0.29, 0.717) is 12.1 Å². The standard InChI is InChI=1S/C21H21NO7/c1-4-13-7-5-6-8-14(13)22-18(25)16-15-9-10-21(29-15,17(16)19(22)26)20(27-11(2)23)28-12(3)24/h5-10,15-17,20H,4H2,1-3H3/t15-,16-,17+,21-/m1/s1. The van der Waals surface area contributed by atoms with Gasteiger partial charge in [-0.2, -0.15) is 0 Å². The van der Waals surface area contributed by atoms with E-state index in [1.807, 2.05) is 19.1 Å². The van der Waals surface area contributed by atoms with Crippen LogP contribution in [0.5, 0.6) is 0 Å². The topological polar surface area (TPSA) is 99.2 Å². The first-order valence-electron chi connectivity index (χ1n) is 9.47. The second-order valence-electron chi connectivity index (χ2n) is 7.34. The zero-order valence-electron chi connectivity index (χ0n) is 16.3. The quantitative estimate of drug-likeness (QED) is 0.320. The summed E-state index contributed by atoms with van der Waals surface area (Å²) >= 11 is 0. The van der Waals surface area contributed by atoms with Crippen molar-refractivity contribution in [3.05, 3.63) is 42.0 Å². The molecule has 0 unspecified atom stereocenters. The molecule has 0 saturated carbocycles. The third-order valence-electron chi connectivity index (χ3n) is 5.61. The van der Waals surface area contributed by atoms with Crippen molar-refractivity contribution in [2.45, 2.75) is 45.2 Å². The number of carbonyl (C=O) groups excluding carboxylic acids is 4. The van der Waals surface area contributed by atoms with Crippen LogP contribution in [-0.4, -0.2) is 41.7 Å². The van der Waals surface area contributed by atoms with Gasteiger partial charge < -0.3 is 14.2 Å². The van der Waals surface area contributed by atoms with E-state index in [1.165, 1.54) is 18.7 Å². The Bertz CT molecular complexity index is 923. The van der Waals surface area contributed by atoms with Gasteiger partial charge in [0.2, 0.25) is 11.8 Å². The van der Waals surface area contributed by atoms with Crippen LogP contribution in [0.3, 0.4) is 0 Å². The van der Waals surface area contributed by atoms with Crippen LogP contribution in [0, 0.1) is 11.8 Å². The van der Waals surface area contributed by atoms with E-state index in [1.54, 1.807) is 24.3 Å². The highest BCUT2D eigenvalue weighted by molar-refractivity contribution is 6.23. The predicted octanol–water partition coefficient (Wildman–Crippen LogP) is 1.51. The van der Waals surface area contributed by atoms with Crippen molar-refractivity contribution in [2.24, 2.45) is 11.8 Å². The van der Waals surface area contributed by atoms with Crippen LogP contribution in [0.2, 0.25) is 0 Å². The maximum absolute atomic E-state index is 13.4. The summed E-state index contributed by atoms with van der Waals surface area (Å²) in [7, 11) is 0. The molecule has 152 valence electrons. The van der Waals surface area contributed by atoms with Gasteiger partial charge in [-0.25, -0.2) is 4.90 Å². The molecule has 29 heavy (non-hydrogen) atoms. The second kappa shape index (κ2) is 6.81. The van der Waals surface area contributed by atoms with Gasteiger partial charge in [0.1, 0.15) is 0 Å². The number of carbonyl (C=O) groups is 4. The molecule has 1 aromatic carbocycles. The number of fused-ring (bicyclic) bond motifs is 5. The van der Waals surface area contributed by atoms with Gasteiger partial charge in [0.05, 0.1) is 23.6 Å². The number of hydrogen-bond acceptors (Lipinski definition) is 7. The summed E-state index contributed by atoms with van der Waals surface area (Å²) < 4.78 is 16.3. The average Bonchev–Trinajstić information content (AvgIpc) is 3.32. The largest absolute Gasteiger partial charge is 0.422 e. The molecule has 3 heterocycles. The van der Waals surface area contributed by atoms with Gasteiger partial charge in [-0.1, -0.05) is 31.2 Å². The number of benzene rings is 1. The summed E-state index contributed by atoms with van der Waals surface area (Å²) in [6, 6.07) is 7.21. The molecule has 8 nitrogen and oxygen atoms in total. The van der Waals surface area contributed by atoms with E-state index in [0.717, 1.165) is 5.56 Å². The van der Waals surface area contributed by atoms with Crippen molar-refractivity contribution < 1.29 is 33.4 Å². The number of para-hydroxylation sites is 1. The molecular weight excluding hydrogens is 378 g/mol. The van der Waals surface area contributed by atoms with Crippen molar-refractivity contribution in [1.82, 2.24) is 0 Å². The van der Waals surface area contributed by atoms with Crippen LogP contribution in [0.15, 0.2) is 36.4 Å². The Balaban J connectivity index is 1.77. The molecule has 0 radical (unpaired) electrons. The van der Waals surface area contributed by atoms with Crippen LogP contribution in [-0.2, 0) is 39.8 Å². The zero-order valence-corrected chi connectivity index (χ0v) is 16.3. The van der Waals surface area contributed by atoms with Gasteiger partial charge in [0.15, 0.2) is 5.60 Å². The summed E-state index contributed by atoms with van der Waals surface area (Å²) in [5, 5.41) is 0. The molecule has 2 fully saturated rings. The number of hydrogen-bond donors (Lipinski definition) is 0. The highest BCUT2D eigenvalue weighted by atomic mass is 16.7. The van der Waals surface area contributed by atoms with Gasteiger partial charge in [-0.15, -0.1) is 0 Å². The molecule has 3 aliphatic rings. The molecule has 8 heteroatoms. The average molecular weight is 399 g/mol. The third-order valence-corrected chi connectivity index (χ3v) is 5.61. The minimum atomic E-state index is -1.53. The number of imide groups is 1. The molecule has 0 aromatic heterocycles. The highest BCUT2D eigenvalue weighted by Crippen LogP contribution is 2.54. The van der Waals surface area contributed by atoms with Gasteiger partial charge in [0, 0.05) is 13.8 Å². The summed E-state index contributed by atoms with van der Waals surface area (Å²) in [4.78, 5) is 51.1. The SMILES string of the molecule is CCc1ccccc1N1C(=O)[C@H]2[C@@H](C1=O)[C@@]1(C(OC(C)=O)OC(C)=O)C=C[C@H]2O1. The Morgan fingerprint density at radius 2 is 1.79 bits per heavy atom.